The van der Waals surface area contributed by atoms with Crippen molar-refractivity contribution in [1.82, 2.24) is 25.4 Å². The fraction of sp³-hybridized carbons (Fsp3) is 0.500. The first kappa shape index (κ1) is 13.7. The molecule has 1 N–H and O–H groups in total. The van der Waals surface area contributed by atoms with Gasteiger partial charge < -0.3 is 9.84 Å². The van der Waals surface area contributed by atoms with Crippen LogP contribution in [0.3, 0.4) is 0 Å². The first-order chi connectivity index (χ1) is 10.3. The van der Waals surface area contributed by atoms with E-state index in [0.717, 1.165) is 0 Å². The van der Waals surface area contributed by atoms with E-state index in [2.05, 4.69) is 25.4 Å². The molecule has 21 heavy (non-hydrogen) atoms. The Kier molecular flexibility index (Phi) is 4.18. The first-order valence-corrected chi connectivity index (χ1v) is 7.21. The maximum absolute atomic E-state index is 12.0. The standard InChI is InChI=1S/C14H17N5O2/c20-13(17-8-10-4-2-1-3-5-10)14-18-12(19-21-14)11-9-15-6-7-16-11/h6-7,9-10H,1-5,8H2,(H,17,20). The number of rotatable bonds is 4. The van der Waals surface area contributed by atoms with Gasteiger partial charge in [-0.15, -0.1) is 0 Å². The average Bonchev–Trinajstić information content (AvgIpc) is 3.04. The number of aromatic nitrogens is 4. The van der Waals surface area contributed by atoms with E-state index in [9.17, 15) is 4.79 Å². The minimum Gasteiger partial charge on any atom is -0.348 e. The number of nitrogens with zero attached hydrogens (tertiary/aromatic N) is 4. The van der Waals surface area contributed by atoms with E-state index < -0.39 is 0 Å². The number of amides is 1. The zero-order chi connectivity index (χ0) is 14.5. The van der Waals surface area contributed by atoms with Crippen molar-refractivity contribution in [3.63, 3.8) is 0 Å². The summed E-state index contributed by atoms with van der Waals surface area (Å²) in [6, 6.07) is 0. The van der Waals surface area contributed by atoms with Gasteiger partial charge in [-0.1, -0.05) is 24.4 Å². The summed E-state index contributed by atoms with van der Waals surface area (Å²) in [4.78, 5) is 24.0. The van der Waals surface area contributed by atoms with Gasteiger partial charge in [-0.3, -0.25) is 9.78 Å². The molecular formula is C14H17N5O2. The number of carbonyl (C=O) groups excluding carboxylic acids is 1. The molecule has 0 aromatic carbocycles. The molecule has 110 valence electrons. The fourth-order valence-electron chi connectivity index (χ4n) is 2.54. The Balaban J connectivity index is 1.59. The summed E-state index contributed by atoms with van der Waals surface area (Å²) in [6.45, 7) is 0.668. The molecule has 0 unspecified atom stereocenters. The van der Waals surface area contributed by atoms with Gasteiger partial charge in [0.15, 0.2) is 0 Å². The molecular weight excluding hydrogens is 270 g/mol. The summed E-state index contributed by atoms with van der Waals surface area (Å²) in [7, 11) is 0. The summed E-state index contributed by atoms with van der Waals surface area (Å²) in [5.74, 6) is 0.464. The smallest absolute Gasteiger partial charge is 0.316 e. The van der Waals surface area contributed by atoms with Crippen LogP contribution in [0.25, 0.3) is 11.5 Å². The van der Waals surface area contributed by atoms with E-state index >= 15 is 0 Å². The molecule has 0 spiro atoms. The van der Waals surface area contributed by atoms with Crippen LogP contribution in [0.5, 0.6) is 0 Å². The van der Waals surface area contributed by atoms with Gasteiger partial charge in [0.1, 0.15) is 5.69 Å². The van der Waals surface area contributed by atoms with Gasteiger partial charge >= 0.3 is 11.8 Å². The lowest BCUT2D eigenvalue weighted by Crippen LogP contribution is -2.30. The van der Waals surface area contributed by atoms with E-state index in [-0.39, 0.29) is 17.6 Å². The highest BCUT2D eigenvalue weighted by molar-refractivity contribution is 5.89. The number of hydrogen-bond donors (Lipinski definition) is 1. The third-order valence-corrected chi connectivity index (χ3v) is 3.69. The van der Waals surface area contributed by atoms with Gasteiger partial charge in [-0.05, 0) is 18.8 Å². The average molecular weight is 287 g/mol. The minimum absolute atomic E-state index is 0.0357. The summed E-state index contributed by atoms with van der Waals surface area (Å²) >= 11 is 0. The Hall–Kier alpha value is -2.31. The maximum Gasteiger partial charge on any atom is 0.316 e. The maximum atomic E-state index is 12.0. The van der Waals surface area contributed by atoms with Crippen molar-refractivity contribution >= 4 is 5.91 Å². The van der Waals surface area contributed by atoms with Crippen molar-refractivity contribution in [1.29, 1.82) is 0 Å². The Morgan fingerprint density at radius 3 is 2.90 bits per heavy atom. The van der Waals surface area contributed by atoms with Crippen LogP contribution < -0.4 is 5.32 Å². The SMILES string of the molecule is O=C(NCC1CCCCC1)c1nc(-c2cnccn2)no1. The Bertz CT molecular complexity index is 592. The van der Waals surface area contributed by atoms with Crippen molar-refractivity contribution in [3.05, 3.63) is 24.5 Å². The van der Waals surface area contributed by atoms with E-state index in [1.807, 2.05) is 0 Å². The van der Waals surface area contributed by atoms with Gasteiger partial charge in [0.05, 0.1) is 6.20 Å². The van der Waals surface area contributed by atoms with Crippen LogP contribution in [0.15, 0.2) is 23.1 Å². The second-order valence-corrected chi connectivity index (χ2v) is 5.23. The van der Waals surface area contributed by atoms with Gasteiger partial charge in [0, 0.05) is 18.9 Å². The summed E-state index contributed by atoms with van der Waals surface area (Å²) in [5, 5.41) is 6.62. The predicted molar refractivity (Wildman–Crippen MR) is 74.2 cm³/mol. The second-order valence-electron chi connectivity index (χ2n) is 5.23. The van der Waals surface area contributed by atoms with Gasteiger partial charge in [-0.25, -0.2) is 4.98 Å². The van der Waals surface area contributed by atoms with Gasteiger partial charge in [0.25, 0.3) is 0 Å². The molecule has 1 amide bonds. The van der Waals surface area contributed by atoms with Crippen LogP contribution in [0.1, 0.15) is 42.8 Å². The van der Waals surface area contributed by atoms with E-state index in [4.69, 9.17) is 4.52 Å². The van der Waals surface area contributed by atoms with Crippen LogP contribution in [-0.4, -0.2) is 32.6 Å². The lowest BCUT2D eigenvalue weighted by molar-refractivity contribution is 0.0899. The molecule has 2 aromatic rings. The van der Waals surface area contributed by atoms with Crippen molar-refractivity contribution < 1.29 is 9.32 Å². The molecule has 1 saturated carbocycles. The topological polar surface area (TPSA) is 93.8 Å². The molecule has 7 nitrogen and oxygen atoms in total. The minimum atomic E-state index is -0.330. The highest BCUT2D eigenvalue weighted by atomic mass is 16.5. The van der Waals surface area contributed by atoms with Crippen LogP contribution in [-0.2, 0) is 0 Å². The van der Waals surface area contributed by atoms with Crippen LogP contribution in [0.2, 0.25) is 0 Å². The van der Waals surface area contributed by atoms with Gasteiger partial charge in [0.2, 0.25) is 5.82 Å². The second kappa shape index (κ2) is 6.43. The van der Waals surface area contributed by atoms with E-state index in [1.54, 1.807) is 6.20 Å². The highest BCUT2D eigenvalue weighted by Gasteiger charge is 2.19. The van der Waals surface area contributed by atoms with Crippen molar-refractivity contribution in [2.75, 3.05) is 6.54 Å². The molecule has 1 aliphatic carbocycles. The van der Waals surface area contributed by atoms with Crippen LogP contribution >= 0.6 is 0 Å². The molecule has 2 aromatic heterocycles. The van der Waals surface area contributed by atoms with Crippen molar-refractivity contribution in [3.8, 4) is 11.5 Å². The molecule has 0 saturated heterocycles. The normalized spacial score (nSPS) is 15.8. The first-order valence-electron chi connectivity index (χ1n) is 7.21. The summed E-state index contributed by atoms with van der Waals surface area (Å²) < 4.78 is 4.98. The molecule has 0 bridgehead atoms. The Labute approximate surface area is 122 Å². The molecule has 0 atom stereocenters. The van der Waals surface area contributed by atoms with Crippen LogP contribution in [0, 0.1) is 5.92 Å². The largest absolute Gasteiger partial charge is 0.348 e. The monoisotopic (exact) mass is 287 g/mol. The summed E-state index contributed by atoms with van der Waals surface area (Å²) in [6.07, 6.45) is 10.8. The lowest BCUT2D eigenvalue weighted by atomic mass is 9.89. The van der Waals surface area contributed by atoms with E-state index in [1.165, 1.54) is 44.5 Å². The zero-order valence-electron chi connectivity index (χ0n) is 11.7. The lowest BCUT2D eigenvalue weighted by Gasteiger charge is -2.21. The quantitative estimate of drug-likeness (QED) is 0.922. The molecule has 1 aliphatic rings. The Morgan fingerprint density at radius 1 is 1.29 bits per heavy atom. The number of nitrogens with one attached hydrogen (secondary N) is 1. The van der Waals surface area contributed by atoms with E-state index in [0.29, 0.717) is 18.2 Å². The van der Waals surface area contributed by atoms with Crippen molar-refractivity contribution in [2.45, 2.75) is 32.1 Å². The fourth-order valence-corrected chi connectivity index (χ4v) is 2.54. The number of carbonyl (C=O) groups is 1. The third-order valence-electron chi connectivity index (χ3n) is 3.69. The molecule has 0 radical (unpaired) electrons. The molecule has 2 heterocycles. The molecule has 1 fully saturated rings. The molecule has 3 rings (SSSR count). The number of hydrogen-bond acceptors (Lipinski definition) is 6. The molecule has 0 aliphatic heterocycles. The molecule has 7 heteroatoms. The highest BCUT2D eigenvalue weighted by Crippen LogP contribution is 2.22. The summed E-state index contributed by atoms with van der Waals surface area (Å²) in [5.41, 5.74) is 0.479. The third kappa shape index (κ3) is 3.42. The van der Waals surface area contributed by atoms with Crippen LogP contribution in [0.4, 0.5) is 0 Å². The van der Waals surface area contributed by atoms with Crippen molar-refractivity contribution in [2.24, 2.45) is 5.92 Å². The van der Waals surface area contributed by atoms with Gasteiger partial charge in [-0.2, -0.15) is 4.98 Å². The zero-order valence-corrected chi connectivity index (χ0v) is 11.7. The Morgan fingerprint density at radius 2 is 2.14 bits per heavy atom. The predicted octanol–water partition coefficient (Wildman–Crippen LogP) is 1.84.